The molecule has 2 saturated heterocycles. The Kier molecular flexibility index (Phi) is 5.29. The summed E-state index contributed by atoms with van der Waals surface area (Å²) in [6.07, 6.45) is 4.20. The normalized spacial score (nSPS) is 29.7. The minimum Gasteiger partial charge on any atom is -0.480 e. The molecule has 158 valence electrons. The van der Waals surface area contributed by atoms with Gasteiger partial charge in [0.1, 0.15) is 24.7 Å². The van der Waals surface area contributed by atoms with Crippen molar-refractivity contribution in [1.29, 1.82) is 0 Å². The van der Waals surface area contributed by atoms with Crippen molar-refractivity contribution in [3.05, 3.63) is 42.2 Å². The number of pyridine rings is 1. The zero-order valence-electron chi connectivity index (χ0n) is 17.0. The van der Waals surface area contributed by atoms with E-state index in [4.69, 9.17) is 5.84 Å². The molecular weight excluding hydrogens is 384 g/mol. The predicted molar refractivity (Wildman–Crippen MR) is 110 cm³/mol. The Morgan fingerprint density at radius 3 is 2.67 bits per heavy atom. The van der Waals surface area contributed by atoms with Crippen LogP contribution in [0, 0.1) is 5.92 Å². The molecule has 2 fully saturated rings. The highest BCUT2D eigenvalue weighted by Crippen LogP contribution is 2.31. The summed E-state index contributed by atoms with van der Waals surface area (Å²) >= 11 is 0. The highest BCUT2D eigenvalue weighted by atomic mass is 16.4. The van der Waals surface area contributed by atoms with Gasteiger partial charge in [-0.2, -0.15) is 5.84 Å². The minimum absolute atomic E-state index is 0.0505. The van der Waals surface area contributed by atoms with Gasteiger partial charge in [-0.1, -0.05) is 37.1 Å². The lowest BCUT2D eigenvalue weighted by Gasteiger charge is -2.48. The molecule has 1 aromatic carbocycles. The number of likely N-dealkylation sites (N-methyl/N-ethyl adjacent to an activating group) is 1. The second-order valence-electron chi connectivity index (χ2n) is 8.68. The highest BCUT2D eigenvalue weighted by Gasteiger charge is 2.49. The van der Waals surface area contributed by atoms with Crippen LogP contribution in [0.3, 0.4) is 0 Å². The topological polar surface area (TPSA) is 114 Å². The van der Waals surface area contributed by atoms with E-state index in [2.05, 4.69) is 4.98 Å². The van der Waals surface area contributed by atoms with E-state index in [-0.39, 0.29) is 28.7 Å². The highest BCUT2D eigenvalue weighted by molar-refractivity contribution is 6.15. The fourth-order valence-electron chi connectivity index (χ4n) is 4.90. The molecule has 0 spiro atoms. The third-order valence-corrected chi connectivity index (χ3v) is 6.29. The van der Waals surface area contributed by atoms with Crippen LogP contribution >= 0.6 is 0 Å². The molecule has 4 atom stereocenters. The Hall–Kier alpha value is -2.84. The Balaban J connectivity index is 1.72. The molecule has 0 aliphatic carbocycles. The van der Waals surface area contributed by atoms with Crippen LogP contribution in [-0.4, -0.2) is 69.5 Å². The summed E-state index contributed by atoms with van der Waals surface area (Å²) < 4.78 is 0.0505. The lowest BCUT2D eigenvalue weighted by molar-refractivity contribution is -0.929. The van der Waals surface area contributed by atoms with Crippen molar-refractivity contribution in [2.75, 3.05) is 20.1 Å². The number of hydrogen-bond acceptors (Lipinski definition) is 5. The number of nitrogens with zero attached hydrogens (tertiary/aromatic N) is 3. The van der Waals surface area contributed by atoms with Gasteiger partial charge in [-0.05, 0) is 24.3 Å². The number of quaternary nitrogens is 1. The van der Waals surface area contributed by atoms with Crippen molar-refractivity contribution >= 4 is 28.4 Å². The maximum Gasteiger partial charge on any atom is 0.332 e. The zero-order valence-corrected chi connectivity index (χ0v) is 17.0. The van der Waals surface area contributed by atoms with E-state index in [9.17, 15) is 19.5 Å². The van der Waals surface area contributed by atoms with Crippen molar-refractivity contribution in [1.82, 2.24) is 9.88 Å². The number of rotatable bonds is 3. The van der Waals surface area contributed by atoms with Gasteiger partial charge in [-0.3, -0.25) is 14.6 Å². The molecule has 0 saturated carbocycles. The molecule has 3 N–H and O–H groups in total. The largest absolute Gasteiger partial charge is 0.480 e. The number of carbonyl (C=O) groups excluding carboxylic acids is 2. The fourth-order valence-corrected chi connectivity index (χ4v) is 4.90. The first-order chi connectivity index (χ1) is 14.3. The number of ketones is 1. The van der Waals surface area contributed by atoms with Gasteiger partial charge in [0.15, 0.2) is 11.8 Å². The van der Waals surface area contributed by atoms with Gasteiger partial charge in [0.2, 0.25) is 5.91 Å². The fraction of sp³-hybridized carbons (Fsp3) is 0.455. The van der Waals surface area contributed by atoms with Crippen LogP contribution < -0.4 is 5.84 Å². The van der Waals surface area contributed by atoms with Crippen LogP contribution in [0.4, 0.5) is 0 Å². The maximum absolute atomic E-state index is 13.6. The van der Waals surface area contributed by atoms with E-state index >= 15 is 0 Å². The second-order valence-corrected chi connectivity index (χ2v) is 8.68. The van der Waals surface area contributed by atoms with E-state index < -0.39 is 23.8 Å². The van der Waals surface area contributed by atoms with Crippen LogP contribution in [0.2, 0.25) is 0 Å². The number of hydrogen-bond donors (Lipinski definition) is 2. The number of aromatic nitrogens is 1. The summed E-state index contributed by atoms with van der Waals surface area (Å²) in [5, 5.41) is 11.4. The second kappa shape index (κ2) is 7.77. The molecule has 1 unspecified atom stereocenters. The Labute approximate surface area is 174 Å². The first-order valence-electron chi connectivity index (χ1n) is 10.3. The maximum atomic E-state index is 13.6. The van der Waals surface area contributed by atoms with E-state index in [0.29, 0.717) is 24.8 Å². The number of amides is 1. The Morgan fingerprint density at radius 1 is 1.17 bits per heavy atom. The standard InChI is InChI=1S/C22H26N4O4/c1-26(23)12-15-7-3-5-9-17(21(28)25(15)18(13-26)22(29)30)20(27)19-16-8-4-2-6-14(16)10-11-24-19/h2,4,6,8,10-11,15,17-18H,3,5,7,9,12-13,23H2,1H3/p+1/t15-,17-,18-,26?/m0/s1. The van der Waals surface area contributed by atoms with Crippen molar-refractivity contribution < 1.29 is 24.1 Å². The molecule has 3 heterocycles. The molecule has 8 heteroatoms. The molecule has 4 rings (SSSR count). The minimum atomic E-state index is -1.09. The van der Waals surface area contributed by atoms with Crippen LogP contribution in [-0.2, 0) is 9.59 Å². The summed E-state index contributed by atoms with van der Waals surface area (Å²) in [5.41, 5.74) is 0.270. The molecule has 1 aromatic heterocycles. The average Bonchev–Trinajstić information content (AvgIpc) is 2.70. The monoisotopic (exact) mass is 411 g/mol. The molecule has 2 aliphatic rings. The van der Waals surface area contributed by atoms with Crippen LogP contribution in [0.15, 0.2) is 36.5 Å². The third kappa shape index (κ3) is 3.68. The first-order valence-corrected chi connectivity index (χ1v) is 10.3. The molecule has 2 aliphatic heterocycles. The van der Waals surface area contributed by atoms with Gasteiger partial charge in [0.05, 0.1) is 13.1 Å². The van der Waals surface area contributed by atoms with E-state index in [0.717, 1.165) is 18.2 Å². The summed E-state index contributed by atoms with van der Waals surface area (Å²) in [6, 6.07) is 7.93. The van der Waals surface area contributed by atoms with Gasteiger partial charge < -0.3 is 10.0 Å². The molecule has 8 nitrogen and oxygen atoms in total. The number of piperazine rings is 1. The van der Waals surface area contributed by atoms with Crippen LogP contribution in [0.5, 0.6) is 0 Å². The van der Waals surface area contributed by atoms with Gasteiger partial charge in [-0.15, -0.1) is 0 Å². The molecule has 30 heavy (non-hydrogen) atoms. The molecule has 0 bridgehead atoms. The van der Waals surface area contributed by atoms with Gasteiger partial charge >= 0.3 is 5.97 Å². The number of carboxylic acids is 1. The number of carbonyl (C=O) groups is 3. The number of Topliss-reactive ketones (excluding diaryl/α,β-unsaturated/α-hetero) is 1. The lowest BCUT2D eigenvalue weighted by atomic mass is 9.86. The molecule has 2 aromatic rings. The summed E-state index contributed by atoms with van der Waals surface area (Å²) in [6.45, 7) is 0.591. The van der Waals surface area contributed by atoms with Crippen molar-refractivity contribution in [3.63, 3.8) is 0 Å². The molecule has 0 radical (unpaired) electrons. The number of aliphatic carboxylic acids is 1. The molecule has 1 amide bonds. The average molecular weight is 411 g/mol. The van der Waals surface area contributed by atoms with Crippen LogP contribution in [0.1, 0.15) is 36.2 Å². The van der Waals surface area contributed by atoms with Crippen molar-refractivity contribution in [2.45, 2.75) is 37.8 Å². The summed E-state index contributed by atoms with van der Waals surface area (Å²) in [4.78, 5) is 44.8. The SMILES string of the molecule is C[N+]1(N)C[C@@H]2CCCC[C@@H](C(=O)c3nccc4ccccc34)C(=O)N2[C@H](C(=O)O)C1. The van der Waals surface area contributed by atoms with E-state index in [1.54, 1.807) is 13.2 Å². The lowest BCUT2D eigenvalue weighted by Crippen LogP contribution is -2.72. The van der Waals surface area contributed by atoms with E-state index in [1.165, 1.54) is 4.90 Å². The van der Waals surface area contributed by atoms with Gasteiger partial charge in [-0.25, -0.2) is 9.39 Å². The predicted octanol–water partition coefficient (Wildman–Crippen LogP) is 1.59. The zero-order chi connectivity index (χ0) is 21.5. The molecular formula is C22H27N4O4+. The van der Waals surface area contributed by atoms with Crippen molar-refractivity contribution in [2.24, 2.45) is 11.8 Å². The number of carboxylic acid groups (broad SMARTS) is 1. The quantitative estimate of drug-likeness (QED) is 0.343. The number of fused-ring (bicyclic) bond motifs is 2. The van der Waals surface area contributed by atoms with Gasteiger partial charge in [0, 0.05) is 11.6 Å². The summed E-state index contributed by atoms with van der Waals surface area (Å²) in [5.74, 6) is 3.50. The Morgan fingerprint density at radius 2 is 1.90 bits per heavy atom. The van der Waals surface area contributed by atoms with Crippen LogP contribution in [0.25, 0.3) is 10.8 Å². The number of nitrogens with two attached hydrogens (primary N) is 1. The first kappa shape index (κ1) is 20.4. The Bertz CT molecular complexity index is 1000. The smallest absolute Gasteiger partial charge is 0.332 e. The third-order valence-electron chi connectivity index (χ3n) is 6.29. The van der Waals surface area contributed by atoms with Gasteiger partial charge in [0.25, 0.3) is 0 Å². The summed E-state index contributed by atoms with van der Waals surface area (Å²) in [7, 11) is 1.78. The van der Waals surface area contributed by atoms with Crippen molar-refractivity contribution in [3.8, 4) is 0 Å². The number of benzene rings is 1. The van der Waals surface area contributed by atoms with E-state index in [1.807, 2.05) is 30.3 Å².